The van der Waals surface area contributed by atoms with E-state index in [2.05, 4.69) is 50.5 Å². The number of aromatic nitrogens is 2. The summed E-state index contributed by atoms with van der Waals surface area (Å²) in [6, 6.07) is 20.9. The van der Waals surface area contributed by atoms with Crippen LogP contribution in [0.1, 0.15) is 34.2 Å². The van der Waals surface area contributed by atoms with Crippen molar-refractivity contribution in [3.05, 3.63) is 83.2 Å². The van der Waals surface area contributed by atoms with Crippen molar-refractivity contribution in [2.24, 2.45) is 0 Å². The lowest BCUT2D eigenvalue weighted by Gasteiger charge is -2.29. The maximum absolute atomic E-state index is 12.2. The minimum absolute atomic E-state index is 0.293. The largest absolute Gasteiger partial charge is 0.462 e. The zero-order valence-electron chi connectivity index (χ0n) is 22.0. The number of nitrogens with zero attached hydrogens (tertiary/aromatic N) is 3. The van der Waals surface area contributed by atoms with E-state index < -0.39 is 0 Å². The number of hydrogen-bond donors (Lipinski definition) is 1. The van der Waals surface area contributed by atoms with Gasteiger partial charge >= 0.3 is 5.97 Å². The SMILES string of the molecule is CCOC(=O)c1ccc(-c2sc(-c3ccc(N4CCNCC4)cc3)cc2CSc2nc(C)cc(C)n2)cc1. The number of benzene rings is 2. The van der Waals surface area contributed by atoms with Crippen LogP contribution in [0, 0.1) is 13.8 Å². The molecule has 2 aromatic heterocycles. The molecule has 38 heavy (non-hydrogen) atoms. The Balaban J connectivity index is 1.44. The summed E-state index contributed by atoms with van der Waals surface area (Å²) in [4.78, 5) is 26.2. The molecule has 196 valence electrons. The van der Waals surface area contributed by atoms with Crippen molar-refractivity contribution in [1.82, 2.24) is 15.3 Å². The van der Waals surface area contributed by atoms with E-state index in [1.165, 1.54) is 26.6 Å². The Morgan fingerprint density at radius 3 is 2.29 bits per heavy atom. The van der Waals surface area contributed by atoms with Crippen molar-refractivity contribution in [1.29, 1.82) is 0 Å². The van der Waals surface area contributed by atoms with Crippen molar-refractivity contribution in [3.8, 4) is 20.9 Å². The predicted octanol–water partition coefficient (Wildman–Crippen LogP) is 6.37. The Morgan fingerprint density at radius 2 is 1.63 bits per heavy atom. The molecule has 0 spiro atoms. The van der Waals surface area contributed by atoms with Gasteiger partial charge in [-0.1, -0.05) is 36.0 Å². The second kappa shape index (κ2) is 12.1. The number of nitrogens with one attached hydrogen (secondary N) is 1. The Bertz CT molecular complexity index is 1370. The minimum atomic E-state index is -0.293. The number of esters is 1. The van der Waals surface area contributed by atoms with E-state index in [1.807, 2.05) is 51.1 Å². The Morgan fingerprint density at radius 1 is 0.974 bits per heavy atom. The normalized spacial score (nSPS) is 13.5. The molecule has 1 fully saturated rings. The zero-order chi connectivity index (χ0) is 26.5. The van der Waals surface area contributed by atoms with E-state index in [0.717, 1.165) is 54.0 Å². The number of carbonyl (C=O) groups is 1. The predicted molar refractivity (Wildman–Crippen MR) is 157 cm³/mol. The van der Waals surface area contributed by atoms with Crippen molar-refractivity contribution < 1.29 is 9.53 Å². The van der Waals surface area contributed by atoms with Gasteiger partial charge < -0.3 is 15.0 Å². The van der Waals surface area contributed by atoms with Gasteiger partial charge in [0.2, 0.25) is 0 Å². The van der Waals surface area contributed by atoms with Crippen LogP contribution in [-0.4, -0.2) is 48.7 Å². The number of anilines is 1. The van der Waals surface area contributed by atoms with Gasteiger partial charge in [0, 0.05) is 58.8 Å². The molecular formula is C30H32N4O2S2. The fourth-order valence-electron chi connectivity index (χ4n) is 4.55. The lowest BCUT2D eigenvalue weighted by molar-refractivity contribution is 0.0526. The molecule has 0 atom stereocenters. The monoisotopic (exact) mass is 544 g/mol. The molecule has 0 aliphatic carbocycles. The molecule has 0 bridgehead atoms. The van der Waals surface area contributed by atoms with Crippen LogP contribution in [0.2, 0.25) is 0 Å². The highest BCUT2D eigenvalue weighted by Crippen LogP contribution is 2.41. The number of thioether (sulfide) groups is 1. The number of thiophene rings is 1. The van der Waals surface area contributed by atoms with Crippen LogP contribution in [0.4, 0.5) is 5.69 Å². The number of piperazine rings is 1. The summed E-state index contributed by atoms with van der Waals surface area (Å²) in [5.41, 5.74) is 7.31. The lowest BCUT2D eigenvalue weighted by Crippen LogP contribution is -2.43. The summed E-state index contributed by atoms with van der Waals surface area (Å²) >= 11 is 3.43. The van der Waals surface area contributed by atoms with Crippen molar-refractivity contribution in [3.63, 3.8) is 0 Å². The molecule has 2 aromatic carbocycles. The van der Waals surface area contributed by atoms with E-state index >= 15 is 0 Å². The summed E-state index contributed by atoms with van der Waals surface area (Å²) in [6.45, 7) is 10.3. The van der Waals surface area contributed by atoms with E-state index in [-0.39, 0.29) is 5.97 Å². The first kappa shape index (κ1) is 26.4. The van der Waals surface area contributed by atoms with Crippen molar-refractivity contribution in [2.75, 3.05) is 37.7 Å². The highest BCUT2D eigenvalue weighted by molar-refractivity contribution is 7.98. The highest BCUT2D eigenvalue weighted by atomic mass is 32.2. The van der Waals surface area contributed by atoms with E-state index in [1.54, 1.807) is 23.1 Å². The van der Waals surface area contributed by atoms with Crippen LogP contribution >= 0.6 is 23.1 Å². The Hall–Kier alpha value is -3.20. The molecule has 5 rings (SSSR count). The Labute approximate surface area is 232 Å². The van der Waals surface area contributed by atoms with Crippen LogP contribution in [0.3, 0.4) is 0 Å². The van der Waals surface area contributed by atoms with Gasteiger partial charge in [-0.2, -0.15) is 0 Å². The summed E-state index contributed by atoms with van der Waals surface area (Å²) in [5, 5.41) is 4.21. The molecule has 1 aliphatic heterocycles. The van der Waals surface area contributed by atoms with Crippen LogP contribution < -0.4 is 10.2 Å². The lowest BCUT2D eigenvalue weighted by atomic mass is 10.1. The molecule has 1 N–H and O–H groups in total. The van der Waals surface area contributed by atoms with E-state index in [9.17, 15) is 4.79 Å². The third-order valence-corrected chi connectivity index (χ3v) is 8.59. The number of aryl methyl sites for hydroxylation is 2. The molecule has 3 heterocycles. The first-order valence-corrected chi connectivity index (χ1v) is 14.7. The summed E-state index contributed by atoms with van der Waals surface area (Å²) < 4.78 is 5.16. The summed E-state index contributed by atoms with van der Waals surface area (Å²) in [7, 11) is 0. The number of carbonyl (C=O) groups excluding carboxylic acids is 1. The minimum Gasteiger partial charge on any atom is -0.462 e. The molecule has 1 saturated heterocycles. The van der Waals surface area contributed by atoms with Crippen LogP contribution in [0.25, 0.3) is 20.9 Å². The van der Waals surface area contributed by atoms with Gasteiger partial charge in [0.25, 0.3) is 0 Å². The third kappa shape index (κ3) is 6.26. The summed E-state index contributed by atoms with van der Waals surface area (Å²) in [6.07, 6.45) is 0. The van der Waals surface area contributed by atoms with Gasteiger partial charge in [-0.25, -0.2) is 14.8 Å². The zero-order valence-corrected chi connectivity index (χ0v) is 23.6. The standard InChI is InChI=1S/C30H32N4O2S2/c1-4-36-29(35)24-7-5-23(6-8-24)28-25(19-37-30-32-20(2)17-21(3)33-30)18-27(38-28)22-9-11-26(12-10-22)34-15-13-31-14-16-34/h5-12,17-18,31H,4,13-16,19H2,1-3H3. The number of ether oxygens (including phenoxy) is 1. The number of hydrogen-bond acceptors (Lipinski definition) is 8. The van der Waals surface area contributed by atoms with Gasteiger partial charge in [-0.05, 0) is 73.9 Å². The van der Waals surface area contributed by atoms with E-state index in [4.69, 9.17) is 4.74 Å². The second-order valence-corrected chi connectivity index (χ2v) is 11.3. The molecular weight excluding hydrogens is 512 g/mol. The van der Waals surface area contributed by atoms with Gasteiger partial charge in [-0.3, -0.25) is 0 Å². The molecule has 8 heteroatoms. The Kier molecular flexibility index (Phi) is 8.42. The topological polar surface area (TPSA) is 67.3 Å². The molecule has 6 nitrogen and oxygen atoms in total. The van der Waals surface area contributed by atoms with E-state index in [0.29, 0.717) is 12.2 Å². The smallest absolute Gasteiger partial charge is 0.338 e. The fraction of sp³-hybridized carbons (Fsp3) is 0.300. The quantitative estimate of drug-likeness (QED) is 0.157. The fourth-order valence-corrected chi connectivity index (χ4v) is 6.77. The molecule has 4 aromatic rings. The highest BCUT2D eigenvalue weighted by Gasteiger charge is 2.16. The second-order valence-electron chi connectivity index (χ2n) is 9.27. The molecule has 1 aliphatic rings. The average molecular weight is 545 g/mol. The molecule has 0 saturated carbocycles. The first-order valence-electron chi connectivity index (χ1n) is 12.9. The van der Waals surface area contributed by atoms with Gasteiger partial charge in [0.05, 0.1) is 12.2 Å². The maximum atomic E-state index is 12.2. The summed E-state index contributed by atoms with van der Waals surface area (Å²) in [5.74, 6) is 0.464. The molecule has 0 radical (unpaired) electrons. The molecule has 0 unspecified atom stereocenters. The van der Waals surface area contributed by atoms with Gasteiger partial charge in [-0.15, -0.1) is 11.3 Å². The average Bonchev–Trinajstić information content (AvgIpc) is 3.36. The number of rotatable bonds is 8. The maximum Gasteiger partial charge on any atom is 0.338 e. The third-order valence-electron chi connectivity index (χ3n) is 6.42. The van der Waals surface area contributed by atoms with Gasteiger partial charge in [0.1, 0.15) is 0 Å². The van der Waals surface area contributed by atoms with Crippen LogP contribution in [0.5, 0.6) is 0 Å². The van der Waals surface area contributed by atoms with Crippen molar-refractivity contribution >= 4 is 34.8 Å². The van der Waals surface area contributed by atoms with Crippen LogP contribution in [0.15, 0.2) is 65.8 Å². The first-order chi connectivity index (χ1) is 18.5. The van der Waals surface area contributed by atoms with Crippen molar-refractivity contribution in [2.45, 2.75) is 31.7 Å². The van der Waals surface area contributed by atoms with Gasteiger partial charge in [0.15, 0.2) is 5.16 Å². The van der Waals surface area contributed by atoms with Crippen LogP contribution in [-0.2, 0) is 10.5 Å². The molecule has 0 amide bonds.